The van der Waals surface area contributed by atoms with Crippen LogP contribution in [0.5, 0.6) is 0 Å². The zero-order valence-electron chi connectivity index (χ0n) is 8.18. The maximum absolute atomic E-state index is 10.7. The van der Waals surface area contributed by atoms with Crippen LogP contribution in [0.25, 0.3) is 0 Å². The smallest absolute Gasteiger partial charge is 0.247 e. The first-order chi connectivity index (χ1) is 5.45. The minimum atomic E-state index is -0.420. The summed E-state index contributed by atoms with van der Waals surface area (Å²) in [5.41, 5.74) is 5.56. The van der Waals surface area contributed by atoms with Crippen molar-refractivity contribution < 1.29 is 9.53 Å². The molecule has 0 aromatic heterocycles. The second-order valence-corrected chi connectivity index (χ2v) is 3.25. The van der Waals surface area contributed by atoms with Crippen LogP contribution in [0.2, 0.25) is 0 Å². The molecule has 0 spiro atoms. The Balaban J connectivity index is 4.09. The Morgan fingerprint density at radius 3 is 2.25 bits per heavy atom. The first-order valence-corrected chi connectivity index (χ1v) is 4.05. The number of carbonyl (C=O) groups is 1. The summed E-state index contributed by atoms with van der Waals surface area (Å²) in [5.74, 6) is 0.660. The maximum atomic E-state index is 10.7. The fourth-order valence-electron chi connectivity index (χ4n) is 0.573. The lowest BCUT2D eigenvalue weighted by Gasteiger charge is -2.10. The summed E-state index contributed by atoms with van der Waals surface area (Å²) in [6.07, 6.45) is 0. The zero-order chi connectivity index (χ0) is 9.72. The van der Waals surface area contributed by atoms with Gasteiger partial charge in [-0.1, -0.05) is 13.8 Å². The molecule has 0 heterocycles. The van der Waals surface area contributed by atoms with Gasteiger partial charge in [-0.3, -0.25) is 4.79 Å². The lowest BCUT2D eigenvalue weighted by Crippen LogP contribution is -2.14. The van der Waals surface area contributed by atoms with Crippen molar-refractivity contribution in [2.24, 2.45) is 11.7 Å². The van der Waals surface area contributed by atoms with Crippen molar-refractivity contribution in [1.82, 2.24) is 0 Å². The van der Waals surface area contributed by atoms with Gasteiger partial charge in [-0.15, -0.1) is 0 Å². The molecule has 2 N–H and O–H groups in total. The molecule has 70 valence electrons. The van der Waals surface area contributed by atoms with Gasteiger partial charge in [0.05, 0.1) is 12.2 Å². The quantitative estimate of drug-likeness (QED) is 0.514. The van der Waals surface area contributed by atoms with Gasteiger partial charge in [0.15, 0.2) is 0 Å². The van der Waals surface area contributed by atoms with E-state index in [4.69, 9.17) is 10.5 Å². The highest BCUT2D eigenvalue weighted by Crippen LogP contribution is 2.06. The van der Waals surface area contributed by atoms with Crippen LogP contribution in [0.15, 0.2) is 11.3 Å². The third-order valence-corrected chi connectivity index (χ3v) is 1.53. The number of ether oxygens (including phenoxy) is 1. The minimum Gasteiger partial charge on any atom is -0.497 e. The van der Waals surface area contributed by atoms with E-state index >= 15 is 0 Å². The first kappa shape index (κ1) is 11.0. The van der Waals surface area contributed by atoms with E-state index in [1.165, 1.54) is 0 Å². The molecule has 12 heavy (non-hydrogen) atoms. The van der Waals surface area contributed by atoms with Crippen LogP contribution >= 0.6 is 0 Å². The van der Waals surface area contributed by atoms with E-state index in [-0.39, 0.29) is 0 Å². The number of amides is 1. The first-order valence-electron chi connectivity index (χ1n) is 4.05. The largest absolute Gasteiger partial charge is 0.497 e. The Hall–Kier alpha value is -0.990. The molecule has 0 atom stereocenters. The lowest BCUT2D eigenvalue weighted by atomic mass is 10.2. The normalized spacial score (nSPS) is 12.8. The minimum absolute atomic E-state index is 0.420. The van der Waals surface area contributed by atoms with Gasteiger partial charge in [0.2, 0.25) is 5.91 Å². The molecular weight excluding hydrogens is 154 g/mol. The molecule has 0 aromatic rings. The molecule has 0 fully saturated rings. The van der Waals surface area contributed by atoms with E-state index < -0.39 is 5.91 Å². The molecule has 0 bridgehead atoms. The molecule has 0 unspecified atom stereocenters. The van der Waals surface area contributed by atoms with E-state index in [9.17, 15) is 4.79 Å². The van der Waals surface area contributed by atoms with Gasteiger partial charge in [0, 0.05) is 0 Å². The number of carbonyl (C=O) groups excluding carboxylic acids is 1. The SMILES string of the molecule is C/C(OCC(C)C)=C(\C)C(N)=O. The second-order valence-electron chi connectivity index (χ2n) is 3.25. The van der Waals surface area contributed by atoms with Gasteiger partial charge in [-0.05, 0) is 19.8 Å². The average Bonchev–Trinajstić information content (AvgIpc) is 1.98. The highest BCUT2D eigenvalue weighted by atomic mass is 16.5. The summed E-state index contributed by atoms with van der Waals surface area (Å²) in [7, 11) is 0. The van der Waals surface area contributed by atoms with Gasteiger partial charge in [0.1, 0.15) is 5.76 Å². The van der Waals surface area contributed by atoms with Crippen LogP contribution in [0, 0.1) is 5.92 Å². The molecule has 0 aliphatic heterocycles. The summed E-state index contributed by atoms with van der Waals surface area (Å²) >= 11 is 0. The Morgan fingerprint density at radius 2 is 1.92 bits per heavy atom. The van der Waals surface area contributed by atoms with Crippen molar-refractivity contribution in [3.05, 3.63) is 11.3 Å². The predicted octanol–water partition coefficient (Wildman–Crippen LogP) is 1.44. The molecule has 0 aliphatic carbocycles. The van der Waals surface area contributed by atoms with Crippen LogP contribution in [-0.2, 0) is 9.53 Å². The fourth-order valence-corrected chi connectivity index (χ4v) is 0.573. The number of allylic oxidation sites excluding steroid dienone is 1. The number of primary amides is 1. The Morgan fingerprint density at radius 1 is 1.42 bits per heavy atom. The van der Waals surface area contributed by atoms with Crippen molar-refractivity contribution in [2.45, 2.75) is 27.7 Å². The monoisotopic (exact) mass is 171 g/mol. The van der Waals surface area contributed by atoms with Gasteiger partial charge in [-0.2, -0.15) is 0 Å². The van der Waals surface area contributed by atoms with Crippen LogP contribution < -0.4 is 5.73 Å². The molecule has 0 saturated carbocycles. The van der Waals surface area contributed by atoms with Crippen molar-refractivity contribution in [2.75, 3.05) is 6.61 Å². The molecule has 3 nitrogen and oxygen atoms in total. The van der Waals surface area contributed by atoms with E-state index in [1.807, 2.05) is 13.8 Å². The van der Waals surface area contributed by atoms with Gasteiger partial charge >= 0.3 is 0 Å². The Labute approximate surface area is 73.6 Å². The number of hydrogen-bond acceptors (Lipinski definition) is 2. The number of rotatable bonds is 4. The van der Waals surface area contributed by atoms with Crippen LogP contribution in [-0.4, -0.2) is 12.5 Å². The van der Waals surface area contributed by atoms with Crippen LogP contribution in [0.3, 0.4) is 0 Å². The predicted molar refractivity (Wildman–Crippen MR) is 48.4 cm³/mol. The average molecular weight is 171 g/mol. The summed E-state index contributed by atoms with van der Waals surface area (Å²) < 4.78 is 5.31. The van der Waals surface area contributed by atoms with Crippen molar-refractivity contribution in [3.8, 4) is 0 Å². The summed E-state index contributed by atoms with van der Waals surface area (Å²) in [5, 5.41) is 0. The Bertz CT molecular complexity index is 195. The Kier molecular flexibility index (Phi) is 4.40. The maximum Gasteiger partial charge on any atom is 0.247 e. The highest BCUT2D eigenvalue weighted by Gasteiger charge is 2.04. The topological polar surface area (TPSA) is 52.3 Å². The van der Waals surface area contributed by atoms with Crippen molar-refractivity contribution >= 4 is 5.91 Å². The van der Waals surface area contributed by atoms with Crippen LogP contribution in [0.4, 0.5) is 0 Å². The van der Waals surface area contributed by atoms with Gasteiger partial charge < -0.3 is 10.5 Å². The third-order valence-electron chi connectivity index (χ3n) is 1.53. The molecule has 0 aromatic carbocycles. The molecule has 0 aliphatic rings. The summed E-state index contributed by atoms with van der Waals surface area (Å²) in [6.45, 7) is 8.14. The molecule has 1 amide bonds. The van der Waals surface area contributed by atoms with Crippen LogP contribution in [0.1, 0.15) is 27.7 Å². The number of nitrogens with two attached hydrogens (primary N) is 1. The van der Waals surface area contributed by atoms with Crippen molar-refractivity contribution in [1.29, 1.82) is 0 Å². The molecule has 0 rings (SSSR count). The third kappa shape index (κ3) is 4.01. The number of hydrogen-bond donors (Lipinski definition) is 1. The van der Waals surface area contributed by atoms with E-state index in [1.54, 1.807) is 13.8 Å². The summed E-state index contributed by atoms with van der Waals surface area (Å²) in [6, 6.07) is 0. The van der Waals surface area contributed by atoms with Gasteiger partial charge in [0.25, 0.3) is 0 Å². The van der Waals surface area contributed by atoms with E-state index in [0.29, 0.717) is 23.9 Å². The summed E-state index contributed by atoms with van der Waals surface area (Å²) in [4.78, 5) is 10.7. The standard InChI is InChI=1S/C9H17NO2/c1-6(2)5-12-8(4)7(3)9(10)11/h6H,5H2,1-4H3,(H2,10,11)/b8-7-. The highest BCUT2D eigenvalue weighted by molar-refractivity contribution is 5.91. The van der Waals surface area contributed by atoms with E-state index in [0.717, 1.165) is 0 Å². The molecule has 3 heteroatoms. The van der Waals surface area contributed by atoms with Gasteiger partial charge in [-0.25, -0.2) is 0 Å². The lowest BCUT2D eigenvalue weighted by molar-refractivity contribution is -0.114. The molecule has 0 saturated heterocycles. The molecular formula is C9H17NO2. The van der Waals surface area contributed by atoms with E-state index in [2.05, 4.69) is 0 Å². The fraction of sp³-hybridized carbons (Fsp3) is 0.667. The second kappa shape index (κ2) is 4.80. The molecule has 0 radical (unpaired) electrons. The zero-order valence-corrected chi connectivity index (χ0v) is 8.18. The van der Waals surface area contributed by atoms with Crippen molar-refractivity contribution in [3.63, 3.8) is 0 Å².